The van der Waals surface area contributed by atoms with Gasteiger partial charge in [0.25, 0.3) is 0 Å². The van der Waals surface area contributed by atoms with E-state index in [-0.39, 0.29) is 0 Å². The normalized spacial score (nSPS) is 9.58. The van der Waals surface area contributed by atoms with Crippen LogP contribution in [0, 0.1) is 11.3 Å². The van der Waals surface area contributed by atoms with Gasteiger partial charge >= 0.3 is 0 Å². The molecule has 0 amide bonds. The largest absolute Gasteiger partial charge is 0.375 e. The summed E-state index contributed by atoms with van der Waals surface area (Å²) in [6.07, 6.45) is 3.33. The van der Waals surface area contributed by atoms with Crippen LogP contribution in [0.25, 0.3) is 0 Å². The van der Waals surface area contributed by atoms with Gasteiger partial charge in [0, 0.05) is 6.42 Å². The highest BCUT2D eigenvalue weighted by Gasteiger charge is 1.97. The molecule has 1 heterocycles. The molecule has 64 valence electrons. The molecule has 0 spiro atoms. The first kappa shape index (κ1) is 9.36. The van der Waals surface area contributed by atoms with E-state index in [4.69, 9.17) is 11.0 Å². The Morgan fingerprint density at radius 3 is 3.17 bits per heavy atom. The predicted octanol–water partition coefficient (Wildman–Crippen LogP) is 2.12. The molecule has 0 unspecified atom stereocenters. The van der Waals surface area contributed by atoms with Crippen molar-refractivity contribution in [3.63, 3.8) is 0 Å². The summed E-state index contributed by atoms with van der Waals surface area (Å²) in [4.78, 5) is 3.93. The third kappa shape index (κ3) is 3.11. The molecule has 0 aliphatic carbocycles. The summed E-state index contributed by atoms with van der Waals surface area (Å²) in [5.41, 5.74) is 5.45. The fourth-order valence-electron chi connectivity index (χ4n) is 0.663. The van der Waals surface area contributed by atoms with Crippen LogP contribution in [0.1, 0.15) is 12.8 Å². The highest BCUT2D eigenvalue weighted by molar-refractivity contribution is 8.01. The maximum absolute atomic E-state index is 8.28. The van der Waals surface area contributed by atoms with Crippen LogP contribution in [-0.4, -0.2) is 10.7 Å². The van der Waals surface area contributed by atoms with Crippen LogP contribution in [-0.2, 0) is 0 Å². The first-order valence-electron chi connectivity index (χ1n) is 3.54. The van der Waals surface area contributed by atoms with Crippen LogP contribution in [0.15, 0.2) is 10.4 Å². The van der Waals surface area contributed by atoms with Crippen molar-refractivity contribution >= 4 is 28.2 Å². The number of rotatable bonds is 4. The van der Waals surface area contributed by atoms with E-state index in [9.17, 15) is 0 Å². The van der Waals surface area contributed by atoms with Gasteiger partial charge < -0.3 is 5.73 Å². The molecule has 0 saturated heterocycles. The summed E-state index contributed by atoms with van der Waals surface area (Å²) in [6, 6.07) is 2.11. The quantitative estimate of drug-likeness (QED) is 0.596. The Kier molecular flexibility index (Phi) is 3.91. The SMILES string of the molecule is N#CCCCSc1cnc(N)s1. The smallest absolute Gasteiger partial charge is 0.181 e. The number of nitriles is 1. The molecule has 5 heteroatoms. The molecule has 1 rings (SSSR count). The lowest BCUT2D eigenvalue weighted by Crippen LogP contribution is -1.77. The minimum absolute atomic E-state index is 0.609. The van der Waals surface area contributed by atoms with E-state index in [1.807, 2.05) is 0 Å². The zero-order chi connectivity index (χ0) is 8.81. The van der Waals surface area contributed by atoms with Gasteiger partial charge in [-0.3, -0.25) is 0 Å². The molecule has 1 aromatic rings. The van der Waals surface area contributed by atoms with Gasteiger partial charge in [-0.2, -0.15) is 5.26 Å². The molecule has 0 saturated carbocycles. The van der Waals surface area contributed by atoms with E-state index in [1.54, 1.807) is 18.0 Å². The molecule has 12 heavy (non-hydrogen) atoms. The fourth-order valence-corrected chi connectivity index (χ4v) is 2.44. The Labute approximate surface area is 79.6 Å². The maximum Gasteiger partial charge on any atom is 0.181 e. The van der Waals surface area contributed by atoms with Gasteiger partial charge in [-0.25, -0.2) is 4.98 Å². The summed E-state index contributed by atoms with van der Waals surface area (Å²) in [6.45, 7) is 0. The summed E-state index contributed by atoms with van der Waals surface area (Å²) in [7, 11) is 0. The second-order valence-electron chi connectivity index (χ2n) is 2.13. The fraction of sp³-hybridized carbons (Fsp3) is 0.429. The second-order valence-corrected chi connectivity index (χ2v) is 4.59. The molecule has 0 aliphatic heterocycles. The third-order valence-corrected chi connectivity index (χ3v) is 3.29. The molecule has 0 bridgehead atoms. The maximum atomic E-state index is 8.28. The Morgan fingerprint density at radius 2 is 2.58 bits per heavy atom. The zero-order valence-electron chi connectivity index (χ0n) is 6.49. The Balaban J connectivity index is 2.21. The Morgan fingerprint density at radius 1 is 1.75 bits per heavy atom. The number of thioether (sulfide) groups is 1. The molecule has 3 nitrogen and oxygen atoms in total. The second kappa shape index (κ2) is 5.01. The molecule has 0 aromatic carbocycles. The molecule has 0 atom stereocenters. The van der Waals surface area contributed by atoms with Crippen LogP contribution >= 0.6 is 23.1 Å². The number of aromatic nitrogens is 1. The molecular weight excluding hydrogens is 190 g/mol. The number of hydrogen-bond acceptors (Lipinski definition) is 5. The van der Waals surface area contributed by atoms with E-state index in [0.29, 0.717) is 11.6 Å². The van der Waals surface area contributed by atoms with E-state index < -0.39 is 0 Å². The molecule has 0 radical (unpaired) electrons. The predicted molar refractivity (Wildman–Crippen MR) is 52.1 cm³/mol. The van der Waals surface area contributed by atoms with E-state index in [1.165, 1.54) is 11.3 Å². The molecule has 0 fully saturated rings. The number of thiazole rings is 1. The van der Waals surface area contributed by atoms with Gasteiger partial charge in [0.1, 0.15) is 0 Å². The number of anilines is 1. The highest BCUT2D eigenvalue weighted by atomic mass is 32.2. The van der Waals surface area contributed by atoms with Crippen molar-refractivity contribution in [1.82, 2.24) is 4.98 Å². The van der Waals surface area contributed by atoms with Gasteiger partial charge in [-0.05, 0) is 12.2 Å². The van der Waals surface area contributed by atoms with Crippen molar-refractivity contribution in [2.75, 3.05) is 11.5 Å². The van der Waals surface area contributed by atoms with E-state index >= 15 is 0 Å². The number of nitrogens with two attached hydrogens (primary N) is 1. The number of nitrogen functional groups attached to an aromatic ring is 1. The first-order valence-corrected chi connectivity index (χ1v) is 5.34. The number of unbranched alkanes of at least 4 members (excludes halogenated alkanes) is 1. The van der Waals surface area contributed by atoms with Crippen molar-refractivity contribution in [3.05, 3.63) is 6.20 Å². The molecule has 1 aromatic heterocycles. The van der Waals surface area contributed by atoms with Crippen molar-refractivity contribution in [1.29, 1.82) is 5.26 Å². The summed E-state index contributed by atoms with van der Waals surface area (Å²) in [5, 5.41) is 8.89. The lowest BCUT2D eigenvalue weighted by molar-refractivity contribution is 0.982. The Bertz CT molecular complexity index is 276. The van der Waals surface area contributed by atoms with Gasteiger partial charge in [-0.1, -0.05) is 11.3 Å². The average Bonchev–Trinajstić information content (AvgIpc) is 2.45. The summed E-state index contributed by atoms with van der Waals surface area (Å²) in [5.74, 6) is 0.967. The Hall–Kier alpha value is -0.730. The lowest BCUT2D eigenvalue weighted by atomic mass is 10.4. The number of nitrogens with zero attached hydrogens (tertiary/aromatic N) is 2. The van der Waals surface area contributed by atoms with Crippen molar-refractivity contribution in [3.8, 4) is 6.07 Å². The first-order chi connectivity index (χ1) is 5.83. The van der Waals surface area contributed by atoms with Crippen LogP contribution in [0.4, 0.5) is 5.13 Å². The van der Waals surface area contributed by atoms with Crippen LogP contribution in [0.2, 0.25) is 0 Å². The van der Waals surface area contributed by atoms with Gasteiger partial charge in [0.15, 0.2) is 5.13 Å². The van der Waals surface area contributed by atoms with Gasteiger partial charge in [0.05, 0.1) is 16.5 Å². The van der Waals surface area contributed by atoms with Crippen LogP contribution in [0.5, 0.6) is 0 Å². The van der Waals surface area contributed by atoms with E-state index in [0.717, 1.165) is 16.4 Å². The standard InChI is InChI=1S/C7H9N3S2/c8-3-1-2-4-11-6-5-10-7(9)12-6/h5H,1-2,4H2,(H2,9,10). The van der Waals surface area contributed by atoms with Gasteiger partial charge in [-0.15, -0.1) is 11.8 Å². The minimum Gasteiger partial charge on any atom is -0.375 e. The van der Waals surface area contributed by atoms with Crippen molar-refractivity contribution in [2.45, 2.75) is 17.1 Å². The van der Waals surface area contributed by atoms with Gasteiger partial charge in [0.2, 0.25) is 0 Å². The average molecular weight is 199 g/mol. The molecular formula is C7H9N3S2. The lowest BCUT2D eigenvalue weighted by Gasteiger charge is -1.92. The topological polar surface area (TPSA) is 62.7 Å². The third-order valence-electron chi connectivity index (χ3n) is 1.18. The van der Waals surface area contributed by atoms with E-state index in [2.05, 4.69) is 11.1 Å². The van der Waals surface area contributed by atoms with Crippen LogP contribution in [0.3, 0.4) is 0 Å². The minimum atomic E-state index is 0.609. The monoisotopic (exact) mass is 199 g/mol. The zero-order valence-corrected chi connectivity index (χ0v) is 8.12. The molecule has 0 aliphatic rings. The highest BCUT2D eigenvalue weighted by Crippen LogP contribution is 2.26. The number of hydrogen-bond donors (Lipinski definition) is 1. The van der Waals surface area contributed by atoms with Crippen molar-refractivity contribution < 1.29 is 0 Å². The van der Waals surface area contributed by atoms with Crippen LogP contribution < -0.4 is 5.73 Å². The summed E-state index contributed by atoms with van der Waals surface area (Å²) < 4.78 is 1.13. The molecule has 2 N–H and O–H groups in total. The summed E-state index contributed by atoms with van der Waals surface area (Å²) >= 11 is 3.20. The van der Waals surface area contributed by atoms with Crippen molar-refractivity contribution in [2.24, 2.45) is 0 Å².